The van der Waals surface area contributed by atoms with E-state index in [1.807, 2.05) is 0 Å². The van der Waals surface area contributed by atoms with E-state index in [-0.39, 0.29) is 0 Å². The van der Waals surface area contributed by atoms with Gasteiger partial charge in [0.25, 0.3) is 0 Å². The minimum absolute atomic E-state index is 0.796. The third-order valence-electron chi connectivity index (χ3n) is 1.93. The average molecular weight is 121 g/mol. The molecular formula is C7H15B2. The van der Waals surface area contributed by atoms with Crippen molar-refractivity contribution in [2.45, 2.75) is 33.5 Å². The fourth-order valence-corrected chi connectivity index (χ4v) is 0.692. The monoisotopic (exact) mass is 121 g/mol. The molecule has 0 aliphatic carbocycles. The highest BCUT2D eigenvalue weighted by Gasteiger charge is 2.04. The SMILES string of the molecule is [B][B]CCC(C)C(C)C. The van der Waals surface area contributed by atoms with Gasteiger partial charge in [0.2, 0.25) is 0 Å². The van der Waals surface area contributed by atoms with Crippen LogP contribution in [0.2, 0.25) is 6.32 Å². The summed E-state index contributed by atoms with van der Waals surface area (Å²) >= 11 is 0. The maximum Gasteiger partial charge on any atom is 0.0545 e. The van der Waals surface area contributed by atoms with Crippen LogP contribution >= 0.6 is 0 Å². The summed E-state index contributed by atoms with van der Waals surface area (Å²) in [4.78, 5) is 0. The Balaban J connectivity index is 3.16. The zero-order valence-electron chi connectivity index (χ0n) is 6.72. The molecule has 0 N–H and O–H groups in total. The summed E-state index contributed by atoms with van der Waals surface area (Å²) in [5.41, 5.74) is 0. The molecule has 0 heterocycles. The van der Waals surface area contributed by atoms with E-state index in [4.69, 9.17) is 7.74 Å². The Bertz CT molecular complexity index is 61.9. The third-order valence-corrected chi connectivity index (χ3v) is 1.93. The van der Waals surface area contributed by atoms with Gasteiger partial charge in [0.15, 0.2) is 0 Å². The Labute approximate surface area is 61.1 Å². The second kappa shape index (κ2) is 4.96. The predicted molar refractivity (Wildman–Crippen MR) is 44.9 cm³/mol. The molecule has 0 nitrogen and oxygen atoms in total. The average Bonchev–Trinajstić information content (AvgIpc) is 1.82. The summed E-state index contributed by atoms with van der Waals surface area (Å²) in [6.45, 7) is 6.77. The maximum absolute atomic E-state index is 5.25. The fourth-order valence-electron chi connectivity index (χ4n) is 0.692. The summed E-state index contributed by atoms with van der Waals surface area (Å²) in [6, 6.07) is 0. The molecule has 0 aliphatic heterocycles. The molecule has 0 saturated heterocycles. The van der Waals surface area contributed by atoms with Crippen LogP contribution in [-0.4, -0.2) is 14.9 Å². The van der Waals surface area contributed by atoms with Crippen LogP contribution in [0.15, 0.2) is 0 Å². The van der Waals surface area contributed by atoms with E-state index in [1.54, 1.807) is 7.17 Å². The highest BCUT2D eigenvalue weighted by molar-refractivity contribution is 6.89. The molecule has 0 aromatic heterocycles. The van der Waals surface area contributed by atoms with Crippen molar-refractivity contribution in [3.8, 4) is 0 Å². The van der Waals surface area contributed by atoms with E-state index in [2.05, 4.69) is 20.8 Å². The highest BCUT2D eigenvalue weighted by atomic mass is 14.1. The van der Waals surface area contributed by atoms with Crippen molar-refractivity contribution in [3.05, 3.63) is 0 Å². The highest BCUT2D eigenvalue weighted by Crippen LogP contribution is 2.15. The van der Waals surface area contributed by atoms with Gasteiger partial charge in [0.05, 0.1) is 7.17 Å². The second-order valence-corrected chi connectivity index (χ2v) is 3.03. The van der Waals surface area contributed by atoms with Crippen molar-refractivity contribution < 1.29 is 0 Å². The lowest BCUT2D eigenvalue weighted by molar-refractivity contribution is 0.407. The lowest BCUT2D eigenvalue weighted by Gasteiger charge is -2.13. The number of rotatable bonds is 4. The van der Waals surface area contributed by atoms with E-state index in [9.17, 15) is 0 Å². The number of hydrogen-bond acceptors (Lipinski definition) is 0. The van der Waals surface area contributed by atoms with E-state index in [0.29, 0.717) is 0 Å². The molecule has 0 bridgehead atoms. The van der Waals surface area contributed by atoms with E-state index in [0.717, 1.165) is 18.2 Å². The van der Waals surface area contributed by atoms with Crippen molar-refractivity contribution in [1.82, 2.24) is 0 Å². The normalized spacial score (nSPS) is 13.8. The van der Waals surface area contributed by atoms with Gasteiger partial charge in [-0.05, 0) is 11.8 Å². The Morgan fingerprint density at radius 3 is 2.22 bits per heavy atom. The summed E-state index contributed by atoms with van der Waals surface area (Å²) in [7, 11) is 7.00. The zero-order valence-corrected chi connectivity index (χ0v) is 6.72. The first kappa shape index (κ1) is 9.13. The van der Waals surface area contributed by atoms with Crippen LogP contribution in [0.1, 0.15) is 27.2 Å². The maximum atomic E-state index is 5.25. The first-order valence-corrected chi connectivity index (χ1v) is 3.72. The van der Waals surface area contributed by atoms with Gasteiger partial charge >= 0.3 is 0 Å². The topological polar surface area (TPSA) is 0 Å². The summed E-state index contributed by atoms with van der Waals surface area (Å²) in [6.07, 6.45) is 2.29. The minimum atomic E-state index is 0.796. The summed E-state index contributed by atoms with van der Waals surface area (Å²) in [5, 5.41) is 0. The molecule has 1 unspecified atom stereocenters. The quantitative estimate of drug-likeness (QED) is 0.498. The van der Waals surface area contributed by atoms with Gasteiger partial charge in [-0.25, -0.2) is 0 Å². The lowest BCUT2D eigenvalue weighted by atomic mass is 9.52. The molecule has 0 aromatic rings. The molecule has 0 aliphatic rings. The van der Waals surface area contributed by atoms with Crippen molar-refractivity contribution in [3.63, 3.8) is 0 Å². The molecule has 2 heteroatoms. The molecule has 0 spiro atoms. The molecular weight excluding hydrogens is 106 g/mol. The minimum Gasteiger partial charge on any atom is -0.0892 e. The Hall–Kier alpha value is 0.130. The van der Waals surface area contributed by atoms with E-state index in [1.165, 1.54) is 6.42 Å². The van der Waals surface area contributed by atoms with Crippen LogP contribution in [-0.2, 0) is 0 Å². The van der Waals surface area contributed by atoms with Crippen molar-refractivity contribution >= 4 is 14.9 Å². The third kappa shape index (κ3) is 4.62. The predicted octanol–water partition coefficient (Wildman–Crippen LogP) is 1.87. The standard InChI is InChI=1S/C7H15B2/c1-6(2)7(3)4-5-9-8/h6-7H,4-5H2,1-3H3. The molecule has 49 valence electrons. The molecule has 0 rings (SSSR count). The van der Waals surface area contributed by atoms with Gasteiger partial charge in [-0.1, -0.05) is 33.5 Å². The van der Waals surface area contributed by atoms with Crippen LogP contribution in [0.3, 0.4) is 0 Å². The van der Waals surface area contributed by atoms with Gasteiger partial charge in [-0.15, -0.1) is 0 Å². The van der Waals surface area contributed by atoms with Crippen LogP contribution < -0.4 is 0 Å². The Kier molecular flexibility index (Phi) is 5.03. The van der Waals surface area contributed by atoms with Gasteiger partial charge < -0.3 is 0 Å². The van der Waals surface area contributed by atoms with Crippen molar-refractivity contribution in [2.24, 2.45) is 11.8 Å². The van der Waals surface area contributed by atoms with Crippen LogP contribution in [0, 0.1) is 11.8 Å². The van der Waals surface area contributed by atoms with Gasteiger partial charge in [-0.3, -0.25) is 0 Å². The van der Waals surface area contributed by atoms with Crippen LogP contribution in [0.4, 0.5) is 0 Å². The first-order chi connectivity index (χ1) is 4.18. The molecule has 0 fully saturated rings. The molecule has 1 atom stereocenters. The van der Waals surface area contributed by atoms with Gasteiger partial charge in [0, 0.05) is 7.74 Å². The van der Waals surface area contributed by atoms with E-state index < -0.39 is 0 Å². The largest absolute Gasteiger partial charge is 0.0892 e. The summed E-state index contributed by atoms with van der Waals surface area (Å²) in [5.74, 6) is 1.61. The van der Waals surface area contributed by atoms with Crippen LogP contribution in [0.25, 0.3) is 0 Å². The molecule has 0 aromatic carbocycles. The number of hydrogen-bond donors (Lipinski definition) is 0. The Morgan fingerprint density at radius 1 is 1.33 bits per heavy atom. The van der Waals surface area contributed by atoms with Gasteiger partial charge in [-0.2, -0.15) is 0 Å². The molecule has 0 amide bonds. The van der Waals surface area contributed by atoms with Crippen molar-refractivity contribution in [1.29, 1.82) is 0 Å². The lowest BCUT2D eigenvalue weighted by Crippen LogP contribution is -2.04. The second-order valence-electron chi connectivity index (χ2n) is 3.03. The van der Waals surface area contributed by atoms with Gasteiger partial charge in [0.1, 0.15) is 0 Å². The first-order valence-electron chi connectivity index (χ1n) is 3.72. The molecule has 9 heavy (non-hydrogen) atoms. The van der Waals surface area contributed by atoms with Crippen LogP contribution in [0.5, 0.6) is 0 Å². The summed E-state index contributed by atoms with van der Waals surface area (Å²) < 4.78 is 0. The molecule has 0 saturated carbocycles. The molecule has 3 radical (unpaired) electrons. The zero-order chi connectivity index (χ0) is 7.28. The smallest absolute Gasteiger partial charge is 0.0545 e. The fraction of sp³-hybridized carbons (Fsp3) is 1.00. The Morgan fingerprint density at radius 2 is 1.89 bits per heavy atom. The van der Waals surface area contributed by atoms with E-state index >= 15 is 0 Å². The van der Waals surface area contributed by atoms with Crippen molar-refractivity contribution in [2.75, 3.05) is 0 Å².